The second-order valence-electron chi connectivity index (χ2n) is 3.13. The molecule has 0 aliphatic heterocycles. The van der Waals surface area contributed by atoms with Crippen LogP contribution in [-0.2, 0) is 0 Å². The van der Waals surface area contributed by atoms with E-state index in [0.717, 1.165) is 10.8 Å². The standard InChI is InChI=1S/C11H8ClNO/c1-7(14)8-2-3-9-5-11(12)13-6-10(9)4-8/h2-6H,1H3. The van der Waals surface area contributed by atoms with Gasteiger partial charge >= 0.3 is 0 Å². The minimum absolute atomic E-state index is 0.0573. The van der Waals surface area contributed by atoms with Crippen LogP contribution in [0.15, 0.2) is 30.5 Å². The Bertz CT molecular complexity index is 508. The highest BCUT2D eigenvalue weighted by molar-refractivity contribution is 6.30. The van der Waals surface area contributed by atoms with Crippen molar-refractivity contribution in [1.82, 2.24) is 4.98 Å². The molecule has 0 aliphatic carbocycles. The van der Waals surface area contributed by atoms with Crippen molar-refractivity contribution < 1.29 is 4.79 Å². The van der Waals surface area contributed by atoms with Gasteiger partial charge in [0.25, 0.3) is 0 Å². The van der Waals surface area contributed by atoms with Crippen LogP contribution in [0.3, 0.4) is 0 Å². The SMILES string of the molecule is CC(=O)c1ccc2cc(Cl)ncc2c1. The molecular weight excluding hydrogens is 198 g/mol. The third-order valence-corrected chi connectivity index (χ3v) is 2.30. The van der Waals surface area contributed by atoms with Gasteiger partial charge in [-0.1, -0.05) is 23.7 Å². The number of halogens is 1. The van der Waals surface area contributed by atoms with E-state index in [1.807, 2.05) is 12.1 Å². The Hall–Kier alpha value is -1.41. The average Bonchev–Trinajstić information content (AvgIpc) is 2.16. The van der Waals surface area contributed by atoms with E-state index in [9.17, 15) is 4.79 Å². The number of hydrogen-bond acceptors (Lipinski definition) is 2. The lowest BCUT2D eigenvalue weighted by Gasteiger charge is -2.00. The van der Waals surface area contributed by atoms with E-state index in [0.29, 0.717) is 10.7 Å². The molecule has 2 nitrogen and oxygen atoms in total. The fourth-order valence-electron chi connectivity index (χ4n) is 1.33. The zero-order valence-corrected chi connectivity index (χ0v) is 8.38. The van der Waals surface area contributed by atoms with Crippen molar-refractivity contribution in [2.45, 2.75) is 6.92 Å². The van der Waals surface area contributed by atoms with Crippen molar-refractivity contribution in [3.05, 3.63) is 41.2 Å². The fraction of sp³-hybridized carbons (Fsp3) is 0.0909. The maximum atomic E-state index is 11.1. The first-order chi connectivity index (χ1) is 6.66. The van der Waals surface area contributed by atoms with Gasteiger partial charge in [-0.3, -0.25) is 4.79 Å². The number of carbonyl (C=O) groups is 1. The average molecular weight is 206 g/mol. The van der Waals surface area contributed by atoms with Crippen LogP contribution in [0.1, 0.15) is 17.3 Å². The number of hydrogen-bond donors (Lipinski definition) is 0. The summed E-state index contributed by atoms with van der Waals surface area (Å²) in [6, 6.07) is 7.27. The summed E-state index contributed by atoms with van der Waals surface area (Å²) in [6.07, 6.45) is 1.67. The molecule has 0 saturated heterocycles. The summed E-state index contributed by atoms with van der Waals surface area (Å²) in [5.74, 6) is 0.0573. The minimum Gasteiger partial charge on any atom is -0.295 e. The number of Topliss-reactive ketones (excluding diaryl/α,β-unsaturated/α-hetero) is 1. The van der Waals surface area contributed by atoms with Gasteiger partial charge in [-0.15, -0.1) is 0 Å². The molecule has 0 saturated carbocycles. The highest BCUT2D eigenvalue weighted by Gasteiger charge is 2.01. The largest absolute Gasteiger partial charge is 0.295 e. The van der Waals surface area contributed by atoms with Crippen molar-refractivity contribution in [3.8, 4) is 0 Å². The second kappa shape index (κ2) is 3.39. The normalized spacial score (nSPS) is 10.4. The first kappa shape index (κ1) is 9.16. The van der Waals surface area contributed by atoms with Crippen LogP contribution in [0.2, 0.25) is 5.15 Å². The monoisotopic (exact) mass is 205 g/mol. The Morgan fingerprint density at radius 2 is 2.07 bits per heavy atom. The number of ketones is 1. The number of benzene rings is 1. The van der Waals surface area contributed by atoms with Crippen molar-refractivity contribution in [2.75, 3.05) is 0 Å². The lowest BCUT2D eigenvalue weighted by atomic mass is 10.1. The smallest absolute Gasteiger partial charge is 0.159 e. The topological polar surface area (TPSA) is 30.0 Å². The Morgan fingerprint density at radius 3 is 2.79 bits per heavy atom. The van der Waals surface area contributed by atoms with Crippen molar-refractivity contribution in [3.63, 3.8) is 0 Å². The summed E-state index contributed by atoms with van der Waals surface area (Å²) in [5, 5.41) is 2.39. The molecule has 0 aliphatic rings. The quantitative estimate of drug-likeness (QED) is 0.529. The molecule has 1 heterocycles. The summed E-state index contributed by atoms with van der Waals surface area (Å²) in [4.78, 5) is 15.1. The molecule has 0 bridgehead atoms. The Balaban J connectivity index is 2.67. The molecule has 0 unspecified atom stereocenters. The Kier molecular flexibility index (Phi) is 2.22. The van der Waals surface area contributed by atoms with Crippen molar-refractivity contribution in [2.24, 2.45) is 0 Å². The van der Waals surface area contributed by atoms with Crippen LogP contribution in [0, 0.1) is 0 Å². The predicted octanol–water partition coefficient (Wildman–Crippen LogP) is 3.09. The molecule has 0 fully saturated rings. The van der Waals surface area contributed by atoms with Gasteiger partial charge in [0.2, 0.25) is 0 Å². The van der Waals surface area contributed by atoms with Crippen LogP contribution in [0.4, 0.5) is 0 Å². The zero-order chi connectivity index (χ0) is 10.1. The minimum atomic E-state index is 0.0573. The lowest BCUT2D eigenvalue weighted by Crippen LogP contribution is -1.91. The van der Waals surface area contributed by atoms with E-state index in [-0.39, 0.29) is 5.78 Å². The number of pyridine rings is 1. The van der Waals surface area contributed by atoms with E-state index in [4.69, 9.17) is 11.6 Å². The molecular formula is C11H8ClNO. The zero-order valence-electron chi connectivity index (χ0n) is 7.62. The van der Waals surface area contributed by atoms with Gasteiger partial charge in [0.1, 0.15) is 5.15 Å². The molecule has 0 radical (unpaired) electrons. The first-order valence-electron chi connectivity index (χ1n) is 4.23. The Morgan fingerprint density at radius 1 is 1.29 bits per heavy atom. The van der Waals surface area contributed by atoms with Gasteiger partial charge in [-0.2, -0.15) is 0 Å². The lowest BCUT2D eigenvalue weighted by molar-refractivity contribution is 0.101. The van der Waals surface area contributed by atoms with Crippen LogP contribution in [-0.4, -0.2) is 10.8 Å². The Labute approximate surface area is 86.5 Å². The number of rotatable bonds is 1. The molecule has 0 amide bonds. The maximum Gasteiger partial charge on any atom is 0.159 e. The molecule has 2 aromatic rings. The van der Waals surface area contributed by atoms with Crippen LogP contribution in [0.25, 0.3) is 10.8 Å². The van der Waals surface area contributed by atoms with Gasteiger partial charge in [0, 0.05) is 17.1 Å². The molecule has 0 atom stereocenters. The molecule has 0 N–H and O–H groups in total. The van der Waals surface area contributed by atoms with E-state index in [1.165, 1.54) is 0 Å². The van der Waals surface area contributed by atoms with Gasteiger partial charge in [0.15, 0.2) is 5.78 Å². The van der Waals surface area contributed by atoms with Gasteiger partial charge in [-0.05, 0) is 24.4 Å². The molecule has 1 aromatic carbocycles. The molecule has 14 heavy (non-hydrogen) atoms. The highest BCUT2D eigenvalue weighted by Crippen LogP contribution is 2.18. The predicted molar refractivity (Wildman–Crippen MR) is 56.8 cm³/mol. The van der Waals surface area contributed by atoms with Crippen LogP contribution >= 0.6 is 11.6 Å². The fourth-order valence-corrected chi connectivity index (χ4v) is 1.50. The van der Waals surface area contributed by atoms with E-state index < -0.39 is 0 Å². The number of carbonyl (C=O) groups excluding carboxylic acids is 1. The van der Waals surface area contributed by atoms with Gasteiger partial charge < -0.3 is 0 Å². The summed E-state index contributed by atoms with van der Waals surface area (Å²) in [6.45, 7) is 1.55. The third kappa shape index (κ3) is 1.61. The van der Waals surface area contributed by atoms with E-state index in [1.54, 1.807) is 25.3 Å². The van der Waals surface area contributed by atoms with E-state index >= 15 is 0 Å². The summed E-state index contributed by atoms with van der Waals surface area (Å²) in [7, 11) is 0. The summed E-state index contributed by atoms with van der Waals surface area (Å²) >= 11 is 5.74. The second-order valence-corrected chi connectivity index (χ2v) is 3.51. The van der Waals surface area contributed by atoms with Crippen molar-refractivity contribution in [1.29, 1.82) is 0 Å². The first-order valence-corrected chi connectivity index (χ1v) is 4.61. The number of aromatic nitrogens is 1. The van der Waals surface area contributed by atoms with Gasteiger partial charge in [-0.25, -0.2) is 4.98 Å². The van der Waals surface area contributed by atoms with E-state index in [2.05, 4.69) is 4.98 Å². The molecule has 2 rings (SSSR count). The molecule has 0 spiro atoms. The summed E-state index contributed by atoms with van der Waals surface area (Å²) in [5.41, 5.74) is 0.696. The number of nitrogens with zero attached hydrogens (tertiary/aromatic N) is 1. The third-order valence-electron chi connectivity index (χ3n) is 2.09. The van der Waals surface area contributed by atoms with Crippen LogP contribution < -0.4 is 0 Å². The number of fused-ring (bicyclic) bond motifs is 1. The molecule has 1 aromatic heterocycles. The highest BCUT2D eigenvalue weighted by atomic mass is 35.5. The maximum absolute atomic E-state index is 11.1. The molecule has 3 heteroatoms. The van der Waals surface area contributed by atoms with Crippen molar-refractivity contribution >= 4 is 28.2 Å². The summed E-state index contributed by atoms with van der Waals surface area (Å²) < 4.78 is 0. The van der Waals surface area contributed by atoms with Crippen LogP contribution in [0.5, 0.6) is 0 Å². The van der Waals surface area contributed by atoms with Gasteiger partial charge in [0.05, 0.1) is 0 Å². The molecule has 70 valence electrons.